The number of amides is 1. The molecular weight excluding hydrogens is 561 g/mol. The summed E-state index contributed by atoms with van der Waals surface area (Å²) in [5, 5.41) is 1.27. The number of H-pyrrole nitrogens is 1. The van der Waals surface area contributed by atoms with E-state index < -0.39 is 0 Å². The summed E-state index contributed by atoms with van der Waals surface area (Å²) >= 11 is 0. The van der Waals surface area contributed by atoms with E-state index in [0.717, 1.165) is 64.0 Å². The van der Waals surface area contributed by atoms with Gasteiger partial charge in [0.05, 0.1) is 11.9 Å². The number of nitrogens with zero attached hydrogens (tertiary/aromatic N) is 3. The Morgan fingerprint density at radius 3 is 2.24 bits per heavy atom. The van der Waals surface area contributed by atoms with Crippen LogP contribution in [-0.4, -0.2) is 46.5 Å². The lowest BCUT2D eigenvalue weighted by Gasteiger charge is -2.37. The van der Waals surface area contributed by atoms with Gasteiger partial charge in [0.15, 0.2) is 0 Å². The van der Waals surface area contributed by atoms with Crippen LogP contribution in [0.15, 0.2) is 97.2 Å². The molecule has 7 heteroatoms. The van der Waals surface area contributed by atoms with Crippen molar-refractivity contribution in [2.75, 3.05) is 31.9 Å². The number of halogens is 1. The van der Waals surface area contributed by atoms with E-state index in [4.69, 9.17) is 5.73 Å². The minimum atomic E-state index is -0.219. The molecule has 2 saturated heterocycles. The van der Waals surface area contributed by atoms with E-state index in [-0.39, 0.29) is 11.7 Å². The van der Waals surface area contributed by atoms with E-state index in [1.165, 1.54) is 33.3 Å². The number of nitrogen functional groups attached to an aromatic ring is 1. The number of nitrogens with two attached hydrogens (primary N) is 1. The van der Waals surface area contributed by atoms with Crippen LogP contribution >= 0.6 is 0 Å². The van der Waals surface area contributed by atoms with Gasteiger partial charge in [-0.15, -0.1) is 0 Å². The molecule has 0 atom stereocenters. The molecular formula is C38H41FN5O+. The van der Waals surface area contributed by atoms with Gasteiger partial charge >= 0.3 is 0 Å². The molecule has 0 radical (unpaired) electrons. The molecule has 0 unspecified atom stereocenters. The summed E-state index contributed by atoms with van der Waals surface area (Å²) in [6, 6.07) is 30.2. The second-order valence-corrected chi connectivity index (χ2v) is 12.7. The molecule has 2 aromatic heterocycles. The SMILES string of the molecule is Nc1cc(CN2CCC(C(=O)N3CCC(c4c(-c5ccccc5)n(Cc5ccc(F)cc5)c5ccccc45)CC3)CC2)cc[nH+]1. The van der Waals surface area contributed by atoms with Gasteiger partial charge in [-0.05, 0) is 91.2 Å². The van der Waals surface area contributed by atoms with Crippen LogP contribution in [0.1, 0.15) is 48.3 Å². The van der Waals surface area contributed by atoms with E-state index in [2.05, 4.69) is 80.0 Å². The number of carbonyl (C=O) groups excluding carboxylic acids is 1. The molecule has 230 valence electrons. The maximum atomic E-state index is 13.7. The van der Waals surface area contributed by atoms with E-state index in [9.17, 15) is 9.18 Å². The lowest BCUT2D eigenvalue weighted by molar-refractivity contribution is -0.360. The average Bonchev–Trinajstić information content (AvgIpc) is 3.40. The summed E-state index contributed by atoms with van der Waals surface area (Å²) in [7, 11) is 0. The fraction of sp³-hybridized carbons (Fsp3) is 0.316. The predicted octanol–water partition coefficient (Wildman–Crippen LogP) is 6.51. The van der Waals surface area contributed by atoms with Crippen LogP contribution in [0.3, 0.4) is 0 Å². The highest BCUT2D eigenvalue weighted by atomic mass is 19.1. The molecule has 0 spiro atoms. The van der Waals surface area contributed by atoms with Crippen molar-refractivity contribution >= 4 is 22.6 Å². The zero-order valence-corrected chi connectivity index (χ0v) is 25.7. The van der Waals surface area contributed by atoms with Gasteiger partial charge in [-0.25, -0.2) is 9.37 Å². The lowest BCUT2D eigenvalue weighted by Crippen LogP contribution is -2.45. The molecule has 5 aromatic rings. The van der Waals surface area contributed by atoms with Gasteiger partial charge in [-0.2, -0.15) is 0 Å². The van der Waals surface area contributed by atoms with E-state index >= 15 is 0 Å². The molecule has 1 amide bonds. The van der Waals surface area contributed by atoms with Gasteiger partial charge < -0.3 is 9.47 Å². The van der Waals surface area contributed by atoms with Gasteiger partial charge in [0, 0.05) is 49.1 Å². The Morgan fingerprint density at radius 1 is 0.800 bits per heavy atom. The number of piperidine rings is 2. The number of hydrogen-bond acceptors (Lipinski definition) is 3. The number of para-hydroxylation sites is 1. The molecule has 0 bridgehead atoms. The van der Waals surface area contributed by atoms with Crippen molar-refractivity contribution in [3.63, 3.8) is 0 Å². The van der Waals surface area contributed by atoms with Crippen molar-refractivity contribution in [2.45, 2.75) is 44.7 Å². The number of aromatic amines is 1. The molecule has 2 aliphatic heterocycles. The Balaban J connectivity index is 1.08. The van der Waals surface area contributed by atoms with Crippen LogP contribution in [0, 0.1) is 11.7 Å². The molecule has 45 heavy (non-hydrogen) atoms. The number of fused-ring (bicyclic) bond motifs is 1. The first-order valence-electron chi connectivity index (χ1n) is 16.2. The van der Waals surface area contributed by atoms with E-state index in [1.54, 1.807) is 12.1 Å². The number of benzene rings is 3. The van der Waals surface area contributed by atoms with Crippen LogP contribution in [0.2, 0.25) is 0 Å². The van der Waals surface area contributed by atoms with Crippen molar-refractivity contribution in [1.29, 1.82) is 0 Å². The normalized spacial score (nSPS) is 16.8. The maximum Gasteiger partial charge on any atom is 0.270 e. The number of carbonyl (C=O) groups is 1. The van der Waals surface area contributed by atoms with Crippen molar-refractivity contribution in [3.05, 3.63) is 120 Å². The van der Waals surface area contributed by atoms with E-state index in [0.29, 0.717) is 24.2 Å². The van der Waals surface area contributed by atoms with Crippen LogP contribution in [-0.2, 0) is 17.9 Å². The Kier molecular flexibility index (Phi) is 8.35. The summed E-state index contributed by atoms with van der Waals surface area (Å²) in [5.74, 6) is 1.23. The van der Waals surface area contributed by atoms with Gasteiger partial charge in [0.2, 0.25) is 5.91 Å². The fourth-order valence-electron chi connectivity index (χ4n) is 7.46. The van der Waals surface area contributed by atoms with Gasteiger partial charge in [0.25, 0.3) is 5.82 Å². The smallest absolute Gasteiger partial charge is 0.270 e. The Labute approximate surface area is 264 Å². The van der Waals surface area contributed by atoms with Gasteiger partial charge in [0.1, 0.15) is 5.82 Å². The summed E-state index contributed by atoms with van der Waals surface area (Å²) in [4.78, 5) is 21.3. The zero-order chi connectivity index (χ0) is 30.8. The third-order valence-electron chi connectivity index (χ3n) is 9.76. The first-order chi connectivity index (χ1) is 22.0. The number of rotatable bonds is 7. The minimum absolute atomic E-state index is 0.101. The average molecular weight is 603 g/mol. The molecule has 4 heterocycles. The monoisotopic (exact) mass is 602 g/mol. The predicted molar refractivity (Wildman–Crippen MR) is 177 cm³/mol. The van der Waals surface area contributed by atoms with Crippen LogP contribution < -0.4 is 10.7 Å². The Morgan fingerprint density at radius 2 is 1.51 bits per heavy atom. The zero-order valence-electron chi connectivity index (χ0n) is 25.7. The third kappa shape index (κ3) is 6.22. The van der Waals surface area contributed by atoms with Crippen LogP contribution in [0.4, 0.5) is 10.2 Å². The van der Waals surface area contributed by atoms with Crippen LogP contribution in [0.5, 0.6) is 0 Å². The summed E-state index contributed by atoms with van der Waals surface area (Å²) < 4.78 is 16.1. The summed E-state index contributed by atoms with van der Waals surface area (Å²) in [6.07, 6.45) is 5.59. The quantitative estimate of drug-likeness (QED) is 0.231. The number of likely N-dealkylation sites (tertiary alicyclic amines) is 2. The van der Waals surface area contributed by atoms with Crippen molar-refractivity contribution in [1.82, 2.24) is 14.4 Å². The number of hydrogen-bond donors (Lipinski definition) is 1. The lowest BCUT2D eigenvalue weighted by atomic mass is 9.85. The maximum absolute atomic E-state index is 13.7. The van der Waals surface area contributed by atoms with Crippen molar-refractivity contribution in [2.24, 2.45) is 5.92 Å². The number of nitrogens with one attached hydrogen (secondary N) is 1. The first kappa shape index (κ1) is 29.2. The van der Waals surface area contributed by atoms with Crippen molar-refractivity contribution < 1.29 is 14.2 Å². The highest BCUT2D eigenvalue weighted by Crippen LogP contribution is 2.43. The standard InChI is InChI=1S/C38H40FN5O/c39-32-12-10-27(11-13-32)26-44-34-9-5-4-8-33(34)36(37(44)30-6-2-1-3-7-30)29-17-22-43(23-18-29)38(45)31-15-20-42(21-16-31)25-28-14-19-41-35(40)24-28/h1-14,19,24,29,31H,15-18,20-23,25-26H2,(H2,40,41)/p+1. The van der Waals surface area contributed by atoms with Crippen molar-refractivity contribution in [3.8, 4) is 11.3 Å². The molecule has 2 fully saturated rings. The van der Waals surface area contributed by atoms with E-state index in [1.807, 2.05) is 24.4 Å². The second-order valence-electron chi connectivity index (χ2n) is 12.7. The Bertz CT molecular complexity index is 1770. The molecule has 3 N–H and O–H groups in total. The highest BCUT2D eigenvalue weighted by Gasteiger charge is 2.33. The topological polar surface area (TPSA) is 68.6 Å². The van der Waals surface area contributed by atoms with Gasteiger partial charge in [-0.3, -0.25) is 15.4 Å². The molecule has 3 aromatic carbocycles. The largest absolute Gasteiger partial charge is 0.342 e. The molecule has 6 nitrogen and oxygen atoms in total. The highest BCUT2D eigenvalue weighted by molar-refractivity contribution is 5.93. The molecule has 0 saturated carbocycles. The molecule has 7 rings (SSSR count). The van der Waals surface area contributed by atoms with Crippen LogP contribution in [0.25, 0.3) is 22.2 Å². The summed E-state index contributed by atoms with van der Waals surface area (Å²) in [6.45, 7) is 4.96. The Hall–Kier alpha value is -4.49. The molecule has 2 aliphatic rings. The number of anilines is 1. The molecule has 0 aliphatic carbocycles. The number of aromatic nitrogens is 2. The minimum Gasteiger partial charge on any atom is -0.342 e. The number of pyridine rings is 1. The third-order valence-corrected chi connectivity index (χ3v) is 9.76. The summed E-state index contributed by atoms with van der Waals surface area (Å²) in [5.41, 5.74) is 13.2. The first-order valence-corrected chi connectivity index (χ1v) is 16.2. The second kappa shape index (κ2) is 12.9. The fourth-order valence-corrected chi connectivity index (χ4v) is 7.46. The van der Waals surface area contributed by atoms with Gasteiger partial charge in [-0.1, -0.05) is 60.7 Å².